The Morgan fingerprint density at radius 1 is 1.62 bits per heavy atom. The van der Waals surface area contributed by atoms with Gasteiger partial charge in [-0.1, -0.05) is 6.07 Å². The number of thiophene rings is 1. The van der Waals surface area contributed by atoms with E-state index in [2.05, 4.69) is 29.8 Å². The molecule has 0 radical (unpaired) electrons. The van der Waals surface area contributed by atoms with Crippen molar-refractivity contribution in [2.45, 2.75) is 19.9 Å². The monoisotopic (exact) mass is 194 g/mol. The Morgan fingerprint density at radius 2 is 2.38 bits per heavy atom. The zero-order valence-corrected chi connectivity index (χ0v) is 8.77. The van der Waals surface area contributed by atoms with E-state index in [-0.39, 0.29) is 5.92 Å². The molecule has 1 unspecified atom stereocenters. The molecule has 0 saturated heterocycles. The van der Waals surface area contributed by atoms with E-state index in [0.717, 1.165) is 6.54 Å². The van der Waals surface area contributed by atoms with E-state index in [0.29, 0.717) is 6.04 Å². The van der Waals surface area contributed by atoms with Crippen molar-refractivity contribution in [1.82, 2.24) is 5.32 Å². The van der Waals surface area contributed by atoms with E-state index in [1.807, 2.05) is 13.0 Å². The first-order valence-electron chi connectivity index (χ1n) is 4.40. The highest BCUT2D eigenvalue weighted by Gasteiger charge is 2.06. The van der Waals surface area contributed by atoms with Crippen LogP contribution in [-0.2, 0) is 0 Å². The summed E-state index contributed by atoms with van der Waals surface area (Å²) in [5.74, 6) is 0.0856. The average molecular weight is 194 g/mol. The molecular weight excluding hydrogens is 180 g/mol. The molecule has 0 aliphatic carbocycles. The van der Waals surface area contributed by atoms with E-state index in [1.54, 1.807) is 11.3 Å². The van der Waals surface area contributed by atoms with Gasteiger partial charge in [0.2, 0.25) is 0 Å². The Labute approximate surface area is 83.2 Å². The van der Waals surface area contributed by atoms with Gasteiger partial charge in [0.25, 0.3) is 0 Å². The van der Waals surface area contributed by atoms with E-state index in [1.165, 1.54) is 4.88 Å². The van der Waals surface area contributed by atoms with Crippen LogP contribution in [0.1, 0.15) is 24.8 Å². The van der Waals surface area contributed by atoms with Crippen LogP contribution in [0.4, 0.5) is 0 Å². The van der Waals surface area contributed by atoms with Crippen LogP contribution in [0.25, 0.3) is 0 Å². The van der Waals surface area contributed by atoms with Gasteiger partial charge in [-0.15, -0.1) is 11.3 Å². The number of nitrogens with one attached hydrogen (secondary N) is 1. The van der Waals surface area contributed by atoms with Crippen LogP contribution in [0, 0.1) is 17.2 Å². The second-order valence-corrected chi connectivity index (χ2v) is 4.15. The number of rotatable bonds is 4. The van der Waals surface area contributed by atoms with Crippen LogP contribution in [0.3, 0.4) is 0 Å². The van der Waals surface area contributed by atoms with Crippen molar-refractivity contribution in [3.05, 3.63) is 22.4 Å². The summed E-state index contributed by atoms with van der Waals surface area (Å²) in [6.45, 7) is 4.81. The van der Waals surface area contributed by atoms with Crippen LogP contribution in [0.2, 0.25) is 0 Å². The third kappa shape index (κ3) is 3.17. The predicted octanol–water partition coefficient (Wildman–Crippen LogP) is 2.56. The van der Waals surface area contributed by atoms with Crippen LogP contribution < -0.4 is 5.32 Å². The third-order valence-electron chi connectivity index (χ3n) is 1.92. The fraction of sp³-hybridized carbons (Fsp3) is 0.500. The molecule has 0 aliphatic heterocycles. The molecule has 0 amide bonds. The summed E-state index contributed by atoms with van der Waals surface area (Å²) in [6, 6.07) is 6.72. The average Bonchev–Trinajstić information content (AvgIpc) is 2.66. The van der Waals surface area contributed by atoms with Gasteiger partial charge in [-0.3, -0.25) is 0 Å². The van der Waals surface area contributed by atoms with Crippen molar-refractivity contribution in [1.29, 1.82) is 5.26 Å². The second kappa shape index (κ2) is 5.00. The molecule has 70 valence electrons. The zero-order chi connectivity index (χ0) is 9.68. The molecule has 0 spiro atoms. The smallest absolute Gasteiger partial charge is 0.0666 e. The highest BCUT2D eigenvalue weighted by atomic mass is 32.1. The number of nitriles is 1. The molecule has 0 saturated carbocycles. The van der Waals surface area contributed by atoms with Crippen molar-refractivity contribution in [2.24, 2.45) is 5.92 Å². The van der Waals surface area contributed by atoms with E-state index in [4.69, 9.17) is 5.26 Å². The fourth-order valence-electron chi connectivity index (χ4n) is 1.04. The molecule has 0 aromatic carbocycles. The van der Waals surface area contributed by atoms with Crippen LogP contribution in [0.15, 0.2) is 17.5 Å². The molecule has 0 bridgehead atoms. The Morgan fingerprint density at radius 3 is 2.92 bits per heavy atom. The first kappa shape index (κ1) is 10.2. The van der Waals surface area contributed by atoms with E-state index in [9.17, 15) is 0 Å². The normalized spacial score (nSPS) is 14.8. The lowest BCUT2D eigenvalue weighted by Gasteiger charge is -2.12. The lowest BCUT2D eigenvalue weighted by atomic mass is 10.2. The lowest BCUT2D eigenvalue weighted by Crippen LogP contribution is -2.23. The van der Waals surface area contributed by atoms with Crippen LogP contribution in [0.5, 0.6) is 0 Å². The van der Waals surface area contributed by atoms with Gasteiger partial charge in [0.1, 0.15) is 0 Å². The Kier molecular flexibility index (Phi) is 3.94. The maximum atomic E-state index is 8.59. The molecule has 1 aromatic heterocycles. The summed E-state index contributed by atoms with van der Waals surface area (Å²) in [6.07, 6.45) is 0. The highest BCUT2D eigenvalue weighted by Crippen LogP contribution is 2.17. The van der Waals surface area contributed by atoms with Gasteiger partial charge >= 0.3 is 0 Å². The molecular formula is C10H14N2S. The van der Waals surface area contributed by atoms with Crippen molar-refractivity contribution < 1.29 is 0 Å². The minimum absolute atomic E-state index is 0.0856. The zero-order valence-electron chi connectivity index (χ0n) is 7.95. The first-order valence-corrected chi connectivity index (χ1v) is 5.28. The topological polar surface area (TPSA) is 35.8 Å². The summed E-state index contributed by atoms with van der Waals surface area (Å²) in [7, 11) is 0. The molecule has 1 N–H and O–H groups in total. The predicted molar refractivity (Wildman–Crippen MR) is 55.5 cm³/mol. The van der Waals surface area contributed by atoms with Crippen molar-refractivity contribution in [3.63, 3.8) is 0 Å². The maximum absolute atomic E-state index is 8.59. The molecule has 1 rings (SSSR count). The quantitative estimate of drug-likeness (QED) is 0.799. The molecule has 2 atom stereocenters. The molecule has 2 nitrogen and oxygen atoms in total. The van der Waals surface area contributed by atoms with Gasteiger partial charge in [-0.25, -0.2) is 0 Å². The SMILES string of the molecule is CC(C#N)CN[C@@H](C)c1cccs1. The Hall–Kier alpha value is -0.850. The first-order chi connectivity index (χ1) is 6.24. The van der Waals surface area contributed by atoms with Crippen molar-refractivity contribution >= 4 is 11.3 Å². The van der Waals surface area contributed by atoms with Gasteiger partial charge in [0, 0.05) is 17.5 Å². The largest absolute Gasteiger partial charge is 0.308 e. The minimum Gasteiger partial charge on any atom is -0.308 e. The number of hydrogen-bond donors (Lipinski definition) is 1. The van der Waals surface area contributed by atoms with Crippen LogP contribution >= 0.6 is 11.3 Å². The number of hydrogen-bond acceptors (Lipinski definition) is 3. The van der Waals surface area contributed by atoms with Gasteiger partial charge in [-0.05, 0) is 25.3 Å². The molecule has 3 heteroatoms. The summed E-state index contributed by atoms with van der Waals surface area (Å²) >= 11 is 1.74. The van der Waals surface area contributed by atoms with Crippen LogP contribution in [-0.4, -0.2) is 6.54 Å². The fourth-order valence-corrected chi connectivity index (χ4v) is 1.80. The van der Waals surface area contributed by atoms with Gasteiger partial charge in [-0.2, -0.15) is 5.26 Å². The molecule has 1 aromatic rings. The second-order valence-electron chi connectivity index (χ2n) is 3.18. The molecule has 0 fully saturated rings. The Balaban J connectivity index is 2.35. The standard InChI is InChI=1S/C10H14N2S/c1-8(6-11)7-12-9(2)10-4-3-5-13-10/h3-5,8-9,12H,7H2,1-2H3/t8?,9-/m0/s1. The summed E-state index contributed by atoms with van der Waals surface area (Å²) in [4.78, 5) is 1.32. The molecule has 13 heavy (non-hydrogen) atoms. The highest BCUT2D eigenvalue weighted by molar-refractivity contribution is 7.10. The maximum Gasteiger partial charge on any atom is 0.0666 e. The minimum atomic E-state index is 0.0856. The van der Waals surface area contributed by atoms with E-state index >= 15 is 0 Å². The van der Waals surface area contributed by atoms with E-state index < -0.39 is 0 Å². The van der Waals surface area contributed by atoms with Gasteiger partial charge < -0.3 is 5.32 Å². The molecule has 0 aliphatic rings. The lowest BCUT2D eigenvalue weighted by molar-refractivity contribution is 0.533. The molecule has 1 heterocycles. The Bertz CT molecular complexity index is 274. The van der Waals surface area contributed by atoms with Gasteiger partial charge in [0.15, 0.2) is 0 Å². The summed E-state index contributed by atoms with van der Waals surface area (Å²) in [5.41, 5.74) is 0. The summed E-state index contributed by atoms with van der Waals surface area (Å²) in [5, 5.41) is 14.0. The third-order valence-corrected chi connectivity index (χ3v) is 2.98. The van der Waals surface area contributed by atoms with Crippen molar-refractivity contribution in [3.8, 4) is 6.07 Å². The summed E-state index contributed by atoms with van der Waals surface area (Å²) < 4.78 is 0. The van der Waals surface area contributed by atoms with Crippen molar-refractivity contribution in [2.75, 3.05) is 6.54 Å². The number of nitrogens with zero attached hydrogens (tertiary/aromatic N) is 1. The van der Waals surface area contributed by atoms with Gasteiger partial charge in [0.05, 0.1) is 12.0 Å².